The van der Waals surface area contributed by atoms with E-state index in [-0.39, 0.29) is 0 Å². The minimum Gasteiger partial charge on any atom is -0.317 e. The smallest absolute Gasteiger partial charge is 0.00489 e. The molecule has 0 rings (SSSR count). The minimum absolute atomic E-state index is 1.25. The second-order valence-electron chi connectivity index (χ2n) is 12.8. The maximum absolute atomic E-state index is 3.68. The molecule has 0 aromatic carbocycles. The first-order valence-corrected chi connectivity index (χ1v) is 19.1. The molecule has 0 spiro atoms. The predicted molar refractivity (Wildman–Crippen MR) is 188 cm³/mol. The van der Waals surface area contributed by atoms with Crippen LogP contribution < -0.4 is 5.32 Å². The summed E-state index contributed by atoms with van der Waals surface area (Å²) in [4.78, 5) is 0. The zero-order chi connectivity index (χ0) is 29.5. The molecule has 0 saturated heterocycles. The van der Waals surface area contributed by atoms with Crippen LogP contribution in [0.25, 0.3) is 0 Å². The zero-order valence-corrected chi connectivity index (χ0v) is 28.8. The van der Waals surface area contributed by atoms with Crippen LogP contribution in [0.15, 0.2) is 12.7 Å². The van der Waals surface area contributed by atoms with Gasteiger partial charge in [-0.1, -0.05) is 213 Å². The lowest BCUT2D eigenvalue weighted by molar-refractivity contribution is 0.515. The molecule has 0 heterocycles. The summed E-state index contributed by atoms with van der Waals surface area (Å²) >= 11 is 0. The number of rotatable bonds is 34. The Morgan fingerprint density at radius 2 is 0.475 bits per heavy atom. The molecule has 0 bridgehead atoms. The van der Waals surface area contributed by atoms with Crippen LogP contribution in [-0.2, 0) is 0 Å². The van der Waals surface area contributed by atoms with E-state index in [4.69, 9.17) is 0 Å². The molecule has 0 radical (unpaired) electrons. The van der Waals surface area contributed by atoms with Gasteiger partial charge in [-0.15, -0.1) is 6.58 Å². The van der Waals surface area contributed by atoms with Crippen LogP contribution in [0.2, 0.25) is 0 Å². The maximum Gasteiger partial charge on any atom is -0.00489 e. The number of unbranched alkanes of at least 4 members (excludes halogenated alkanes) is 30. The molecular weight excluding hydrogens is 482 g/mol. The van der Waals surface area contributed by atoms with Gasteiger partial charge < -0.3 is 5.32 Å². The van der Waals surface area contributed by atoms with E-state index >= 15 is 0 Å². The maximum atomic E-state index is 3.68. The standard InChI is InChI=1S/C36H75N.C3H6/c1-3-5-7-9-11-13-15-17-19-21-23-25-27-29-31-33-35-37-36-34-32-30-28-26-24-22-20-18-16-14-12-10-8-6-4-2;1-3-2/h37H,3-36H2,1-2H3;3H,1H2,2H3. The third kappa shape index (κ3) is 44.7. The van der Waals surface area contributed by atoms with Gasteiger partial charge >= 0.3 is 0 Å². The van der Waals surface area contributed by atoms with Crippen LogP contribution in [0, 0.1) is 0 Å². The predicted octanol–water partition coefficient (Wildman–Crippen LogP) is 14.3. The highest BCUT2D eigenvalue weighted by atomic mass is 14.8. The van der Waals surface area contributed by atoms with Crippen molar-refractivity contribution in [2.75, 3.05) is 13.1 Å². The normalized spacial score (nSPS) is 11.0. The Morgan fingerprint density at radius 3 is 0.650 bits per heavy atom. The largest absolute Gasteiger partial charge is 0.317 e. The van der Waals surface area contributed by atoms with E-state index in [0.717, 1.165) is 0 Å². The van der Waals surface area contributed by atoms with Crippen molar-refractivity contribution in [1.82, 2.24) is 5.32 Å². The van der Waals surface area contributed by atoms with Crippen molar-refractivity contribution < 1.29 is 0 Å². The Labute approximate surface area is 256 Å². The van der Waals surface area contributed by atoms with Gasteiger partial charge in [-0.05, 0) is 32.9 Å². The summed E-state index contributed by atoms with van der Waals surface area (Å²) in [6.45, 7) is 12.4. The van der Waals surface area contributed by atoms with Crippen molar-refractivity contribution in [2.24, 2.45) is 0 Å². The van der Waals surface area contributed by atoms with Crippen LogP contribution in [0.1, 0.15) is 226 Å². The molecule has 0 aromatic rings. The average Bonchev–Trinajstić information content (AvgIpc) is 2.96. The van der Waals surface area contributed by atoms with E-state index in [9.17, 15) is 0 Å². The molecule has 0 fully saturated rings. The van der Waals surface area contributed by atoms with Gasteiger partial charge in [0.05, 0.1) is 0 Å². The van der Waals surface area contributed by atoms with Gasteiger partial charge in [0.2, 0.25) is 0 Å². The second-order valence-corrected chi connectivity index (χ2v) is 12.8. The van der Waals surface area contributed by atoms with Crippen LogP contribution in [0.5, 0.6) is 0 Å². The van der Waals surface area contributed by atoms with Crippen LogP contribution in [0.4, 0.5) is 0 Å². The van der Waals surface area contributed by atoms with Crippen LogP contribution >= 0.6 is 0 Å². The summed E-state index contributed by atoms with van der Waals surface area (Å²) < 4.78 is 0. The Morgan fingerprint density at radius 1 is 0.325 bits per heavy atom. The van der Waals surface area contributed by atoms with Crippen molar-refractivity contribution in [3.05, 3.63) is 12.7 Å². The molecule has 0 aliphatic carbocycles. The monoisotopic (exact) mass is 564 g/mol. The fourth-order valence-corrected chi connectivity index (χ4v) is 5.72. The van der Waals surface area contributed by atoms with Gasteiger partial charge in [-0.2, -0.15) is 0 Å². The van der Waals surface area contributed by atoms with Gasteiger partial charge in [0.1, 0.15) is 0 Å². The lowest BCUT2D eigenvalue weighted by atomic mass is 10.0. The highest BCUT2D eigenvalue weighted by Gasteiger charge is 1.97. The summed E-state index contributed by atoms with van der Waals surface area (Å²) in [6, 6.07) is 0. The lowest BCUT2D eigenvalue weighted by Crippen LogP contribution is -2.16. The Bertz CT molecular complexity index is 370. The van der Waals surface area contributed by atoms with E-state index in [1.165, 1.54) is 219 Å². The number of allylic oxidation sites excluding steroid dienone is 1. The topological polar surface area (TPSA) is 12.0 Å². The molecule has 0 unspecified atom stereocenters. The van der Waals surface area contributed by atoms with Crippen molar-refractivity contribution in [3.63, 3.8) is 0 Å². The molecule has 0 aromatic heterocycles. The summed E-state index contributed by atoms with van der Waals surface area (Å²) in [5.41, 5.74) is 0. The fourth-order valence-electron chi connectivity index (χ4n) is 5.72. The molecular formula is C39H81N. The van der Waals surface area contributed by atoms with E-state index in [1.807, 2.05) is 6.92 Å². The SMILES string of the molecule is C=CC.CCCCCCCCCCCCCCCCCCNCCCCCCCCCCCCCCCCCC. The van der Waals surface area contributed by atoms with Crippen molar-refractivity contribution in [1.29, 1.82) is 0 Å². The molecule has 1 nitrogen and oxygen atoms in total. The van der Waals surface area contributed by atoms with E-state index in [0.29, 0.717) is 0 Å². The molecule has 1 heteroatoms. The quantitative estimate of drug-likeness (QED) is 0.0606. The second kappa shape index (κ2) is 43.2. The van der Waals surface area contributed by atoms with Crippen molar-refractivity contribution >= 4 is 0 Å². The van der Waals surface area contributed by atoms with Gasteiger partial charge in [0.15, 0.2) is 0 Å². The van der Waals surface area contributed by atoms with E-state index in [1.54, 1.807) is 6.08 Å². The van der Waals surface area contributed by atoms with E-state index < -0.39 is 0 Å². The van der Waals surface area contributed by atoms with Crippen molar-refractivity contribution in [3.8, 4) is 0 Å². The summed E-state index contributed by atoms with van der Waals surface area (Å²) in [6.07, 6.45) is 48.5. The van der Waals surface area contributed by atoms with Crippen molar-refractivity contribution in [2.45, 2.75) is 226 Å². The average molecular weight is 564 g/mol. The highest BCUT2D eigenvalue weighted by Crippen LogP contribution is 2.15. The molecule has 1 N–H and O–H groups in total. The van der Waals surface area contributed by atoms with Gasteiger partial charge in [0, 0.05) is 0 Å². The minimum atomic E-state index is 1.25. The third-order valence-corrected chi connectivity index (χ3v) is 8.41. The molecule has 0 aliphatic rings. The third-order valence-electron chi connectivity index (χ3n) is 8.41. The summed E-state index contributed by atoms with van der Waals surface area (Å²) in [5, 5.41) is 3.68. The Kier molecular flexibility index (Phi) is 45.1. The fraction of sp³-hybridized carbons (Fsp3) is 0.949. The zero-order valence-electron chi connectivity index (χ0n) is 28.8. The molecule has 40 heavy (non-hydrogen) atoms. The number of nitrogens with one attached hydrogen (secondary N) is 1. The first kappa shape index (κ1) is 41.8. The Hall–Kier alpha value is -0.300. The molecule has 0 atom stereocenters. The summed E-state index contributed by atoms with van der Waals surface area (Å²) in [7, 11) is 0. The van der Waals surface area contributed by atoms with Gasteiger partial charge in [0.25, 0.3) is 0 Å². The molecule has 0 saturated carbocycles. The van der Waals surface area contributed by atoms with Crippen LogP contribution in [0.3, 0.4) is 0 Å². The lowest BCUT2D eigenvalue weighted by Gasteiger charge is -2.06. The molecule has 242 valence electrons. The highest BCUT2D eigenvalue weighted by molar-refractivity contribution is 4.54. The first-order valence-electron chi connectivity index (χ1n) is 19.1. The van der Waals surface area contributed by atoms with E-state index in [2.05, 4.69) is 25.7 Å². The summed E-state index contributed by atoms with van der Waals surface area (Å²) in [5.74, 6) is 0. The van der Waals surface area contributed by atoms with Gasteiger partial charge in [-0.3, -0.25) is 0 Å². The Balaban J connectivity index is 0. The first-order chi connectivity index (χ1) is 19.8. The van der Waals surface area contributed by atoms with Crippen LogP contribution in [-0.4, -0.2) is 13.1 Å². The molecule has 0 aliphatic heterocycles. The number of hydrogen-bond acceptors (Lipinski definition) is 1. The van der Waals surface area contributed by atoms with Gasteiger partial charge in [-0.25, -0.2) is 0 Å². The number of hydrogen-bond donors (Lipinski definition) is 1. The molecule has 0 amide bonds.